The molecule has 2 aliphatic rings. The predicted octanol–water partition coefficient (Wildman–Crippen LogP) is 5.13. The number of amides is 1. The molecule has 1 saturated heterocycles. The van der Waals surface area contributed by atoms with Crippen LogP contribution in [0.3, 0.4) is 0 Å². The molecule has 4 nitrogen and oxygen atoms in total. The van der Waals surface area contributed by atoms with E-state index < -0.39 is 28.9 Å². The number of benzene rings is 2. The van der Waals surface area contributed by atoms with Gasteiger partial charge in [0.05, 0.1) is 29.9 Å². The molecule has 0 bridgehead atoms. The molecule has 1 N–H and O–H groups in total. The Kier molecular flexibility index (Phi) is 5.92. The minimum atomic E-state index is -4.48. The van der Waals surface area contributed by atoms with E-state index in [1.165, 1.54) is 12.1 Å². The summed E-state index contributed by atoms with van der Waals surface area (Å²) in [4.78, 5) is 15.1. The van der Waals surface area contributed by atoms with Crippen molar-refractivity contribution < 1.29 is 27.1 Å². The van der Waals surface area contributed by atoms with Crippen LogP contribution >= 0.6 is 0 Å². The van der Waals surface area contributed by atoms with Crippen molar-refractivity contribution in [1.29, 1.82) is 0 Å². The zero-order chi connectivity index (χ0) is 22.1. The Balaban J connectivity index is 1.58. The number of hydrogen-bond acceptors (Lipinski definition) is 3. The van der Waals surface area contributed by atoms with Crippen LogP contribution in [0.4, 0.5) is 28.9 Å². The zero-order valence-electron chi connectivity index (χ0n) is 17.0. The molecular formula is C23H24F4N2O2. The van der Waals surface area contributed by atoms with Crippen LogP contribution in [0.2, 0.25) is 0 Å². The molecule has 2 aromatic carbocycles. The summed E-state index contributed by atoms with van der Waals surface area (Å²) in [6.45, 7) is 2.22. The minimum absolute atomic E-state index is 0.290. The number of nitrogens with zero attached hydrogens (tertiary/aromatic N) is 1. The number of ether oxygens (including phenoxy) is 1. The summed E-state index contributed by atoms with van der Waals surface area (Å²) in [5.74, 6) is -0.859. The van der Waals surface area contributed by atoms with E-state index in [9.17, 15) is 22.4 Å². The van der Waals surface area contributed by atoms with E-state index in [-0.39, 0.29) is 5.69 Å². The highest BCUT2D eigenvalue weighted by atomic mass is 19.4. The van der Waals surface area contributed by atoms with Gasteiger partial charge in [-0.05, 0) is 42.7 Å². The van der Waals surface area contributed by atoms with Gasteiger partial charge in [0.2, 0.25) is 5.91 Å². The van der Waals surface area contributed by atoms with Gasteiger partial charge in [0.15, 0.2) is 0 Å². The van der Waals surface area contributed by atoms with Gasteiger partial charge in [0, 0.05) is 18.8 Å². The average molecular weight is 436 g/mol. The Bertz CT molecular complexity index is 949. The van der Waals surface area contributed by atoms with Crippen LogP contribution in [0.5, 0.6) is 0 Å². The van der Waals surface area contributed by atoms with E-state index in [1.807, 2.05) is 4.90 Å². The Hall–Kier alpha value is -2.61. The number of hydrogen-bond donors (Lipinski definition) is 1. The molecule has 1 amide bonds. The van der Waals surface area contributed by atoms with Crippen LogP contribution in [0.1, 0.15) is 36.8 Å². The molecule has 0 spiro atoms. The molecule has 8 heteroatoms. The van der Waals surface area contributed by atoms with E-state index in [4.69, 9.17) is 4.74 Å². The van der Waals surface area contributed by atoms with Crippen LogP contribution in [-0.2, 0) is 21.1 Å². The first kappa shape index (κ1) is 21.6. The smallest absolute Gasteiger partial charge is 0.378 e. The molecule has 2 fully saturated rings. The molecular weight excluding hydrogens is 412 g/mol. The maximum Gasteiger partial charge on any atom is 0.416 e. The maximum atomic E-state index is 14.7. The number of carbonyl (C=O) groups excluding carboxylic acids is 1. The van der Waals surface area contributed by atoms with Crippen molar-refractivity contribution in [3.05, 3.63) is 59.4 Å². The van der Waals surface area contributed by atoms with Gasteiger partial charge in [0.25, 0.3) is 0 Å². The molecule has 4 rings (SSSR count). The summed E-state index contributed by atoms with van der Waals surface area (Å²) in [6, 6.07) is 9.47. The normalized spacial score (nSPS) is 18.8. The van der Waals surface area contributed by atoms with Crippen LogP contribution in [0.25, 0.3) is 0 Å². The first-order chi connectivity index (χ1) is 14.8. The topological polar surface area (TPSA) is 41.6 Å². The molecule has 1 aliphatic heterocycles. The first-order valence-electron chi connectivity index (χ1n) is 10.4. The standard InChI is InChI=1S/C23H24F4N2O2/c24-19-15-18(6-7-20(19)29-10-12-31-13-11-29)28-21(30)22(8-1-2-9-22)16-4-3-5-17(14-16)23(25,26)27/h3-7,14-15H,1-2,8-13H2,(H,28,30). The van der Waals surface area contributed by atoms with Gasteiger partial charge in [-0.2, -0.15) is 13.2 Å². The fourth-order valence-electron chi connectivity index (χ4n) is 4.51. The number of nitrogens with one attached hydrogen (secondary N) is 1. The van der Waals surface area contributed by atoms with Gasteiger partial charge in [-0.25, -0.2) is 4.39 Å². The molecule has 2 aromatic rings. The number of carbonyl (C=O) groups is 1. The van der Waals surface area contributed by atoms with Gasteiger partial charge in [0.1, 0.15) is 5.82 Å². The Morgan fingerprint density at radius 2 is 1.74 bits per heavy atom. The Morgan fingerprint density at radius 1 is 1.03 bits per heavy atom. The van der Waals surface area contributed by atoms with Gasteiger partial charge < -0.3 is 15.0 Å². The molecule has 166 valence electrons. The number of morpholine rings is 1. The largest absolute Gasteiger partial charge is 0.416 e. The maximum absolute atomic E-state index is 14.7. The predicted molar refractivity (Wildman–Crippen MR) is 110 cm³/mol. The first-order valence-corrected chi connectivity index (χ1v) is 10.4. The van der Waals surface area contributed by atoms with Crippen LogP contribution < -0.4 is 10.2 Å². The average Bonchev–Trinajstić information content (AvgIpc) is 3.25. The lowest BCUT2D eigenvalue weighted by atomic mass is 9.77. The van der Waals surface area contributed by atoms with Gasteiger partial charge >= 0.3 is 6.18 Å². The van der Waals surface area contributed by atoms with Crippen molar-refractivity contribution in [3.8, 4) is 0 Å². The summed E-state index contributed by atoms with van der Waals surface area (Å²) in [5, 5.41) is 2.75. The fourth-order valence-corrected chi connectivity index (χ4v) is 4.51. The third kappa shape index (κ3) is 4.39. The van der Waals surface area contributed by atoms with E-state index in [0.29, 0.717) is 50.4 Å². The molecule has 1 saturated carbocycles. The van der Waals surface area contributed by atoms with Crippen LogP contribution in [0, 0.1) is 5.82 Å². The fraction of sp³-hybridized carbons (Fsp3) is 0.435. The lowest BCUT2D eigenvalue weighted by molar-refractivity contribution is -0.137. The molecule has 0 radical (unpaired) electrons. The van der Waals surface area contributed by atoms with E-state index >= 15 is 0 Å². The van der Waals surface area contributed by atoms with E-state index in [2.05, 4.69) is 5.32 Å². The quantitative estimate of drug-likeness (QED) is 0.676. The zero-order valence-corrected chi connectivity index (χ0v) is 17.0. The number of alkyl halides is 3. The van der Waals surface area contributed by atoms with Crippen molar-refractivity contribution in [3.63, 3.8) is 0 Å². The molecule has 1 aliphatic carbocycles. The lowest BCUT2D eigenvalue weighted by Crippen LogP contribution is -2.38. The van der Waals surface area contributed by atoms with Gasteiger partial charge in [-0.1, -0.05) is 31.0 Å². The van der Waals surface area contributed by atoms with Crippen molar-refractivity contribution in [2.45, 2.75) is 37.3 Å². The van der Waals surface area contributed by atoms with Crippen molar-refractivity contribution in [2.24, 2.45) is 0 Å². The SMILES string of the molecule is O=C(Nc1ccc(N2CCOCC2)c(F)c1)C1(c2cccc(C(F)(F)F)c2)CCCC1. The molecule has 0 unspecified atom stereocenters. The summed E-state index contributed by atoms with van der Waals surface area (Å²) in [7, 11) is 0. The Morgan fingerprint density at radius 3 is 2.39 bits per heavy atom. The molecule has 0 atom stereocenters. The third-order valence-electron chi connectivity index (χ3n) is 6.19. The molecule has 31 heavy (non-hydrogen) atoms. The highest BCUT2D eigenvalue weighted by molar-refractivity contribution is 5.99. The second-order valence-corrected chi connectivity index (χ2v) is 8.09. The number of rotatable bonds is 4. The number of halogens is 4. The third-order valence-corrected chi connectivity index (χ3v) is 6.19. The van der Waals surface area contributed by atoms with E-state index in [1.54, 1.807) is 18.2 Å². The highest BCUT2D eigenvalue weighted by Crippen LogP contribution is 2.43. The van der Waals surface area contributed by atoms with Gasteiger partial charge in [-0.15, -0.1) is 0 Å². The van der Waals surface area contributed by atoms with Crippen LogP contribution in [-0.4, -0.2) is 32.2 Å². The van der Waals surface area contributed by atoms with Crippen LogP contribution in [0.15, 0.2) is 42.5 Å². The summed E-state index contributed by atoms with van der Waals surface area (Å²) in [5.41, 5.74) is -0.749. The summed E-state index contributed by atoms with van der Waals surface area (Å²) < 4.78 is 59.6. The monoisotopic (exact) mass is 436 g/mol. The van der Waals surface area contributed by atoms with Crippen molar-refractivity contribution in [1.82, 2.24) is 0 Å². The number of anilines is 2. The molecule has 0 aromatic heterocycles. The minimum Gasteiger partial charge on any atom is -0.378 e. The lowest BCUT2D eigenvalue weighted by Gasteiger charge is -2.30. The van der Waals surface area contributed by atoms with Gasteiger partial charge in [-0.3, -0.25) is 4.79 Å². The summed E-state index contributed by atoms with van der Waals surface area (Å²) in [6.07, 6.45) is -2.09. The van der Waals surface area contributed by atoms with Crippen molar-refractivity contribution >= 4 is 17.3 Å². The second-order valence-electron chi connectivity index (χ2n) is 8.09. The second kappa shape index (κ2) is 8.49. The molecule has 1 heterocycles. The van der Waals surface area contributed by atoms with E-state index in [0.717, 1.165) is 25.0 Å². The Labute approximate surface area is 178 Å². The highest BCUT2D eigenvalue weighted by Gasteiger charge is 2.44. The summed E-state index contributed by atoms with van der Waals surface area (Å²) >= 11 is 0. The van der Waals surface area contributed by atoms with Crippen molar-refractivity contribution in [2.75, 3.05) is 36.5 Å².